The molecule has 2 heterocycles. The second-order valence-electron chi connectivity index (χ2n) is 10.5. The summed E-state index contributed by atoms with van der Waals surface area (Å²) < 4.78 is 31.4. The number of sulfone groups is 1. The molecular weight excluding hydrogens is 573 g/mol. The smallest absolute Gasteiger partial charge is 0.230 e. The molecule has 2 aromatic rings. The highest BCUT2D eigenvalue weighted by Crippen LogP contribution is 2.30. The molecule has 2 saturated heterocycles. The normalized spacial score (nSPS) is 17.6. The van der Waals surface area contributed by atoms with Crippen molar-refractivity contribution in [2.45, 2.75) is 49.2 Å². The number of rotatable bonds is 9. The van der Waals surface area contributed by atoms with Crippen molar-refractivity contribution in [2.24, 2.45) is 5.92 Å². The third-order valence-corrected chi connectivity index (χ3v) is 11.0. The lowest BCUT2D eigenvalue weighted by atomic mass is 9.94. The minimum absolute atomic E-state index is 0.0332. The van der Waals surface area contributed by atoms with E-state index in [1.54, 1.807) is 60.2 Å². The van der Waals surface area contributed by atoms with Crippen molar-refractivity contribution < 1.29 is 22.7 Å². The zero-order valence-electron chi connectivity index (χ0n) is 23.0. The SMILES string of the molecule is COc1ccc(S(=O)(=O)C2CCN(CCCN(C(=O)C3CCN(C(C)=O)CC3)c3ccc(Cl)c(Cl)c3)CC2)cc1. The van der Waals surface area contributed by atoms with Crippen molar-refractivity contribution in [1.29, 1.82) is 0 Å². The Morgan fingerprint density at radius 3 is 2.17 bits per heavy atom. The number of piperidine rings is 2. The minimum Gasteiger partial charge on any atom is -0.497 e. The number of methoxy groups -OCH3 is 1. The molecule has 0 saturated carbocycles. The third kappa shape index (κ3) is 7.29. The van der Waals surface area contributed by atoms with E-state index in [1.165, 1.54) is 0 Å². The third-order valence-electron chi connectivity index (χ3n) is 7.99. The topological polar surface area (TPSA) is 87.2 Å². The van der Waals surface area contributed by atoms with Gasteiger partial charge in [-0.25, -0.2) is 8.42 Å². The first-order valence-electron chi connectivity index (χ1n) is 13.7. The molecule has 0 N–H and O–H groups in total. The molecule has 0 aromatic heterocycles. The van der Waals surface area contributed by atoms with Gasteiger partial charge in [-0.15, -0.1) is 0 Å². The van der Waals surface area contributed by atoms with Crippen LogP contribution < -0.4 is 9.64 Å². The fourth-order valence-electron chi connectivity index (χ4n) is 5.53. The van der Waals surface area contributed by atoms with Gasteiger partial charge in [0.25, 0.3) is 0 Å². The van der Waals surface area contributed by atoms with Gasteiger partial charge >= 0.3 is 0 Å². The lowest BCUT2D eigenvalue weighted by Gasteiger charge is -2.35. The van der Waals surface area contributed by atoms with Gasteiger partial charge in [0.1, 0.15) is 5.75 Å². The number of nitrogens with zero attached hydrogens (tertiary/aromatic N) is 3. The van der Waals surface area contributed by atoms with Crippen LogP contribution in [0.2, 0.25) is 10.0 Å². The molecule has 0 bridgehead atoms. The van der Waals surface area contributed by atoms with Gasteiger partial charge in [0.2, 0.25) is 11.8 Å². The highest BCUT2D eigenvalue weighted by atomic mass is 35.5. The molecule has 2 aromatic carbocycles. The summed E-state index contributed by atoms with van der Waals surface area (Å²) in [7, 11) is -1.85. The zero-order chi connectivity index (χ0) is 28.9. The van der Waals surface area contributed by atoms with Crippen LogP contribution in [0.3, 0.4) is 0 Å². The first kappa shape index (κ1) is 30.6. The summed E-state index contributed by atoms with van der Waals surface area (Å²) in [6.07, 6.45) is 3.13. The van der Waals surface area contributed by atoms with Crippen molar-refractivity contribution in [1.82, 2.24) is 9.80 Å². The van der Waals surface area contributed by atoms with E-state index in [0.717, 1.165) is 13.0 Å². The Labute approximate surface area is 247 Å². The second kappa shape index (κ2) is 13.6. The molecule has 8 nitrogen and oxygen atoms in total. The van der Waals surface area contributed by atoms with E-state index >= 15 is 0 Å². The lowest BCUT2D eigenvalue weighted by Crippen LogP contribution is -2.45. The lowest BCUT2D eigenvalue weighted by molar-refractivity contribution is -0.133. The van der Waals surface area contributed by atoms with Crippen molar-refractivity contribution in [3.8, 4) is 5.75 Å². The number of carbonyl (C=O) groups is 2. The minimum atomic E-state index is -3.40. The molecule has 0 radical (unpaired) electrons. The van der Waals surface area contributed by atoms with Crippen LogP contribution in [0, 0.1) is 5.92 Å². The Bertz CT molecular complexity index is 1290. The summed E-state index contributed by atoms with van der Waals surface area (Å²) in [5.41, 5.74) is 0.706. The maximum Gasteiger partial charge on any atom is 0.230 e. The zero-order valence-corrected chi connectivity index (χ0v) is 25.3. The van der Waals surface area contributed by atoms with E-state index in [9.17, 15) is 18.0 Å². The Kier molecular flexibility index (Phi) is 10.4. The van der Waals surface area contributed by atoms with Crippen LogP contribution in [0.15, 0.2) is 47.4 Å². The van der Waals surface area contributed by atoms with E-state index in [1.807, 2.05) is 6.07 Å². The molecule has 2 aliphatic rings. The molecule has 40 heavy (non-hydrogen) atoms. The maximum absolute atomic E-state index is 13.6. The Morgan fingerprint density at radius 1 is 0.950 bits per heavy atom. The highest BCUT2D eigenvalue weighted by molar-refractivity contribution is 7.92. The molecule has 11 heteroatoms. The van der Waals surface area contributed by atoms with Crippen molar-refractivity contribution in [3.05, 3.63) is 52.5 Å². The number of hydrogen-bond donors (Lipinski definition) is 0. The van der Waals surface area contributed by atoms with Crippen LogP contribution >= 0.6 is 23.2 Å². The molecule has 0 spiro atoms. The van der Waals surface area contributed by atoms with E-state index in [0.29, 0.717) is 84.8 Å². The number of ether oxygens (including phenoxy) is 1. The summed E-state index contributed by atoms with van der Waals surface area (Å²) in [5, 5.41) is 0.413. The van der Waals surface area contributed by atoms with Gasteiger partial charge < -0.3 is 19.4 Å². The summed E-state index contributed by atoms with van der Waals surface area (Å²) in [6, 6.07) is 11.8. The van der Waals surface area contributed by atoms with Gasteiger partial charge in [-0.2, -0.15) is 0 Å². The van der Waals surface area contributed by atoms with E-state index in [2.05, 4.69) is 4.90 Å². The average Bonchev–Trinajstić information content (AvgIpc) is 2.97. The predicted octanol–water partition coefficient (Wildman–Crippen LogP) is 4.92. The molecule has 2 aliphatic heterocycles. The summed E-state index contributed by atoms with van der Waals surface area (Å²) in [6.45, 7) is 5.34. The fourth-order valence-corrected chi connectivity index (χ4v) is 7.56. The Balaban J connectivity index is 1.34. The van der Waals surface area contributed by atoms with Gasteiger partial charge in [-0.3, -0.25) is 9.59 Å². The van der Waals surface area contributed by atoms with Gasteiger partial charge in [-0.05, 0) is 94.2 Å². The van der Waals surface area contributed by atoms with Crippen molar-refractivity contribution >= 4 is 50.5 Å². The average molecular weight is 611 g/mol. The van der Waals surface area contributed by atoms with E-state index < -0.39 is 15.1 Å². The predicted molar refractivity (Wildman–Crippen MR) is 158 cm³/mol. The fraction of sp³-hybridized carbons (Fsp3) is 0.517. The Hall–Kier alpha value is -2.33. The number of amides is 2. The van der Waals surface area contributed by atoms with Crippen molar-refractivity contribution in [3.63, 3.8) is 0 Å². The number of likely N-dealkylation sites (tertiary alicyclic amines) is 2. The first-order chi connectivity index (χ1) is 19.1. The summed E-state index contributed by atoms with van der Waals surface area (Å²) in [5.74, 6) is 0.534. The molecule has 4 rings (SSSR count). The van der Waals surface area contributed by atoms with Gasteiger partial charge in [0, 0.05) is 38.2 Å². The van der Waals surface area contributed by atoms with Crippen molar-refractivity contribution in [2.75, 3.05) is 51.3 Å². The number of hydrogen-bond acceptors (Lipinski definition) is 6. The molecule has 2 amide bonds. The summed E-state index contributed by atoms with van der Waals surface area (Å²) >= 11 is 12.4. The van der Waals surface area contributed by atoms with Crippen LogP contribution in [0.5, 0.6) is 5.75 Å². The molecule has 0 aliphatic carbocycles. The monoisotopic (exact) mass is 609 g/mol. The first-order valence-corrected chi connectivity index (χ1v) is 16.0. The maximum atomic E-state index is 13.6. The quantitative estimate of drug-likeness (QED) is 0.401. The molecule has 2 fully saturated rings. The number of carbonyl (C=O) groups excluding carboxylic acids is 2. The van der Waals surface area contributed by atoms with Crippen LogP contribution in [0.4, 0.5) is 5.69 Å². The molecule has 0 atom stereocenters. The van der Waals surface area contributed by atoms with Crippen LogP contribution in [0.25, 0.3) is 0 Å². The van der Waals surface area contributed by atoms with Gasteiger partial charge in [0.15, 0.2) is 9.84 Å². The largest absolute Gasteiger partial charge is 0.497 e. The molecule has 218 valence electrons. The van der Waals surface area contributed by atoms with Crippen LogP contribution in [0.1, 0.15) is 39.0 Å². The Morgan fingerprint density at radius 2 is 1.60 bits per heavy atom. The number of halogens is 2. The van der Waals surface area contributed by atoms with Crippen LogP contribution in [-0.2, 0) is 19.4 Å². The van der Waals surface area contributed by atoms with Crippen LogP contribution in [-0.4, -0.2) is 81.7 Å². The molecule has 0 unspecified atom stereocenters. The number of anilines is 1. The molecular formula is C29H37Cl2N3O5S. The van der Waals surface area contributed by atoms with E-state index in [-0.39, 0.29) is 17.7 Å². The standard InChI is InChI=1S/C29H37Cl2N3O5S/c1-21(35)33-18-10-22(11-19-33)29(36)34(23-4-9-27(30)28(31)20-23)15-3-14-32-16-12-26(13-17-32)40(37,38)25-7-5-24(39-2)6-8-25/h4-9,20,22,26H,3,10-19H2,1-2H3. The summed E-state index contributed by atoms with van der Waals surface area (Å²) in [4.78, 5) is 31.5. The van der Waals surface area contributed by atoms with E-state index in [4.69, 9.17) is 27.9 Å². The second-order valence-corrected chi connectivity index (χ2v) is 13.5. The highest BCUT2D eigenvalue weighted by Gasteiger charge is 2.32. The number of benzene rings is 2. The van der Waals surface area contributed by atoms with Gasteiger partial charge in [0.05, 0.1) is 27.3 Å². The van der Waals surface area contributed by atoms with Gasteiger partial charge in [-0.1, -0.05) is 23.2 Å².